The van der Waals surface area contributed by atoms with Crippen LogP contribution in [0.4, 0.5) is 0 Å². The molecule has 2 fully saturated rings. The number of piperidine rings is 1. The minimum absolute atomic E-state index is 0.000453. The van der Waals surface area contributed by atoms with Crippen LogP contribution in [-0.2, 0) is 9.59 Å². The van der Waals surface area contributed by atoms with Gasteiger partial charge in [0.25, 0.3) is 5.91 Å². The summed E-state index contributed by atoms with van der Waals surface area (Å²) in [6, 6.07) is 3.96. The largest absolute Gasteiger partial charge is 0.339 e. The van der Waals surface area contributed by atoms with Crippen molar-refractivity contribution in [1.82, 2.24) is 29.2 Å². The van der Waals surface area contributed by atoms with E-state index in [4.69, 9.17) is 0 Å². The number of hydrogen-bond acceptors (Lipinski definition) is 6. The van der Waals surface area contributed by atoms with E-state index in [1.165, 1.54) is 0 Å². The molecule has 0 atom stereocenters. The van der Waals surface area contributed by atoms with Crippen LogP contribution < -0.4 is 0 Å². The van der Waals surface area contributed by atoms with Gasteiger partial charge in [-0.2, -0.15) is 5.26 Å². The molecule has 2 saturated heterocycles. The van der Waals surface area contributed by atoms with Gasteiger partial charge in [-0.05, 0) is 46.2 Å². The van der Waals surface area contributed by atoms with Gasteiger partial charge < -0.3 is 14.7 Å². The summed E-state index contributed by atoms with van der Waals surface area (Å²) in [6.07, 6.45) is 7.78. The molecule has 9 heteroatoms. The third-order valence-electron chi connectivity index (χ3n) is 6.71. The molecule has 174 valence electrons. The Morgan fingerprint density at radius 2 is 1.73 bits per heavy atom. The first-order valence-corrected chi connectivity index (χ1v) is 11.5. The van der Waals surface area contributed by atoms with E-state index >= 15 is 0 Å². The molecule has 4 heterocycles. The molecule has 2 amide bonds. The van der Waals surface area contributed by atoms with Crippen molar-refractivity contribution in [2.75, 3.05) is 46.3 Å². The molecule has 2 aliphatic rings. The minimum Gasteiger partial charge on any atom is -0.339 e. The van der Waals surface area contributed by atoms with Crippen LogP contribution in [0.3, 0.4) is 0 Å². The van der Waals surface area contributed by atoms with Gasteiger partial charge in [-0.25, -0.2) is 4.98 Å². The highest BCUT2D eigenvalue weighted by molar-refractivity contribution is 6.07. The maximum atomic E-state index is 13.8. The first kappa shape index (κ1) is 22.9. The van der Waals surface area contributed by atoms with Crippen molar-refractivity contribution in [3.63, 3.8) is 0 Å². The molecule has 0 spiro atoms. The molecule has 0 radical (unpaired) electrons. The molecule has 9 nitrogen and oxygen atoms in total. The number of carbonyl (C=O) groups is 2. The lowest BCUT2D eigenvalue weighted by molar-refractivity contribution is -0.139. The Morgan fingerprint density at radius 3 is 2.39 bits per heavy atom. The van der Waals surface area contributed by atoms with Crippen molar-refractivity contribution >= 4 is 28.5 Å². The number of rotatable bonds is 4. The third kappa shape index (κ3) is 4.35. The van der Waals surface area contributed by atoms with Crippen molar-refractivity contribution in [3.8, 4) is 6.07 Å². The van der Waals surface area contributed by atoms with Gasteiger partial charge in [0.1, 0.15) is 23.5 Å². The summed E-state index contributed by atoms with van der Waals surface area (Å²) < 4.78 is 1.73. The average Bonchev–Trinajstić information content (AvgIpc) is 3.26. The lowest BCUT2D eigenvalue weighted by Gasteiger charge is -2.39. The first-order chi connectivity index (χ1) is 15.8. The van der Waals surface area contributed by atoms with E-state index in [1.54, 1.807) is 48.1 Å². The number of hydrogen-bond donors (Lipinski definition) is 0. The van der Waals surface area contributed by atoms with Crippen LogP contribution in [0.5, 0.6) is 0 Å². The van der Waals surface area contributed by atoms with Crippen molar-refractivity contribution in [3.05, 3.63) is 30.4 Å². The zero-order chi connectivity index (χ0) is 23.6. The molecule has 0 unspecified atom stereocenters. The second kappa shape index (κ2) is 9.32. The number of amides is 2. The number of likely N-dealkylation sites (tertiary alicyclic amines) is 1. The molecule has 2 aromatic heterocycles. The molecule has 2 aromatic rings. The highest BCUT2D eigenvalue weighted by Crippen LogP contribution is 2.38. The number of carbonyl (C=O) groups excluding carboxylic acids is 2. The molecule has 2 aliphatic heterocycles. The van der Waals surface area contributed by atoms with Gasteiger partial charge in [0, 0.05) is 45.5 Å². The van der Waals surface area contributed by atoms with Crippen molar-refractivity contribution < 1.29 is 9.59 Å². The molecular weight excluding hydrogens is 418 g/mol. The average molecular weight is 450 g/mol. The van der Waals surface area contributed by atoms with Gasteiger partial charge in [0.15, 0.2) is 0 Å². The van der Waals surface area contributed by atoms with Gasteiger partial charge >= 0.3 is 0 Å². The summed E-state index contributed by atoms with van der Waals surface area (Å²) in [5.74, 6) is -0.414. The second-order valence-electron chi connectivity index (χ2n) is 9.39. The molecule has 0 aliphatic carbocycles. The molecule has 0 bridgehead atoms. The SMILES string of the molecule is CN1CCN(C(=O)C(C)(C)C(=C(C#N)C(=O)N2CCCCC2)n2cnc3cnccc32)CC1. The molecule has 33 heavy (non-hydrogen) atoms. The Bertz CT molecular complexity index is 1110. The van der Waals surface area contributed by atoms with Crippen molar-refractivity contribution in [1.29, 1.82) is 5.26 Å². The Labute approximate surface area is 194 Å². The monoisotopic (exact) mass is 449 g/mol. The highest BCUT2D eigenvalue weighted by atomic mass is 16.2. The van der Waals surface area contributed by atoms with Crippen LogP contribution in [0.1, 0.15) is 33.1 Å². The van der Waals surface area contributed by atoms with E-state index in [0.717, 1.165) is 32.4 Å². The minimum atomic E-state index is -1.12. The quantitative estimate of drug-likeness (QED) is 0.523. The Hall–Kier alpha value is -3.25. The molecule has 0 saturated carbocycles. The van der Waals surface area contributed by atoms with Gasteiger partial charge in [0.05, 0.1) is 22.8 Å². The van der Waals surface area contributed by atoms with Crippen LogP contribution >= 0.6 is 0 Å². The van der Waals surface area contributed by atoms with Crippen LogP contribution in [0, 0.1) is 16.7 Å². The van der Waals surface area contributed by atoms with Crippen LogP contribution in [-0.4, -0.2) is 87.4 Å². The standard InChI is InChI=1S/C24H31N7O2/c1-24(2,23(33)30-13-11-28(3)12-14-30)21(31-17-27-19-16-26-8-7-20(19)31)18(15-25)22(32)29-9-5-4-6-10-29/h7-8,16-17H,4-6,9-14H2,1-3H3. The van der Waals surface area contributed by atoms with E-state index in [0.29, 0.717) is 42.9 Å². The molecular formula is C24H31N7O2. The van der Waals surface area contributed by atoms with Crippen LogP contribution in [0.25, 0.3) is 16.7 Å². The van der Waals surface area contributed by atoms with Gasteiger partial charge in [0.2, 0.25) is 5.91 Å². The third-order valence-corrected chi connectivity index (χ3v) is 6.71. The Morgan fingerprint density at radius 1 is 1.03 bits per heavy atom. The predicted octanol–water partition coefficient (Wildman–Crippen LogP) is 1.98. The predicted molar refractivity (Wildman–Crippen MR) is 125 cm³/mol. The van der Waals surface area contributed by atoms with Gasteiger partial charge in [-0.3, -0.25) is 19.1 Å². The summed E-state index contributed by atoms with van der Waals surface area (Å²) in [5, 5.41) is 10.2. The molecule has 4 rings (SSSR count). The fourth-order valence-corrected chi connectivity index (χ4v) is 4.74. The summed E-state index contributed by atoms with van der Waals surface area (Å²) in [7, 11) is 2.04. The van der Waals surface area contributed by atoms with Crippen LogP contribution in [0.15, 0.2) is 30.4 Å². The summed E-state index contributed by atoms with van der Waals surface area (Å²) in [4.78, 5) is 41.7. The zero-order valence-electron chi connectivity index (χ0n) is 19.6. The Balaban J connectivity index is 1.85. The number of nitriles is 1. The van der Waals surface area contributed by atoms with E-state index in [1.807, 2.05) is 11.9 Å². The van der Waals surface area contributed by atoms with E-state index in [2.05, 4.69) is 20.9 Å². The fraction of sp³-hybridized carbons (Fsp3) is 0.542. The van der Waals surface area contributed by atoms with Crippen LogP contribution in [0.2, 0.25) is 0 Å². The number of piperazine rings is 1. The van der Waals surface area contributed by atoms with E-state index < -0.39 is 5.41 Å². The number of fused-ring (bicyclic) bond motifs is 1. The lowest BCUT2D eigenvalue weighted by Crippen LogP contribution is -2.52. The number of pyridine rings is 1. The maximum absolute atomic E-state index is 13.8. The summed E-state index contributed by atoms with van der Waals surface area (Å²) in [6.45, 7) is 7.66. The maximum Gasteiger partial charge on any atom is 0.266 e. The topological polar surface area (TPSA) is 98.4 Å². The number of imidazole rings is 1. The highest BCUT2D eigenvalue weighted by Gasteiger charge is 2.42. The van der Waals surface area contributed by atoms with Crippen molar-refractivity contribution in [2.45, 2.75) is 33.1 Å². The summed E-state index contributed by atoms with van der Waals surface area (Å²) >= 11 is 0. The molecule has 0 aromatic carbocycles. The smallest absolute Gasteiger partial charge is 0.266 e. The summed E-state index contributed by atoms with van der Waals surface area (Å²) in [5.41, 5.74) is 0.598. The van der Waals surface area contributed by atoms with Gasteiger partial charge in [-0.1, -0.05) is 0 Å². The zero-order valence-corrected chi connectivity index (χ0v) is 19.6. The lowest BCUT2D eigenvalue weighted by atomic mass is 9.83. The number of aromatic nitrogens is 3. The fourth-order valence-electron chi connectivity index (χ4n) is 4.74. The van der Waals surface area contributed by atoms with E-state index in [-0.39, 0.29) is 17.4 Å². The van der Waals surface area contributed by atoms with E-state index in [9.17, 15) is 14.9 Å². The van der Waals surface area contributed by atoms with Crippen molar-refractivity contribution in [2.24, 2.45) is 5.41 Å². The number of nitrogens with zero attached hydrogens (tertiary/aromatic N) is 7. The van der Waals surface area contributed by atoms with Gasteiger partial charge in [-0.15, -0.1) is 0 Å². The second-order valence-corrected chi connectivity index (χ2v) is 9.39. The number of likely N-dealkylation sites (N-methyl/N-ethyl adjacent to an activating group) is 1. The normalized spacial score (nSPS) is 18.7. The Kier molecular flexibility index (Phi) is 6.47. The molecule has 0 N–H and O–H groups in total. The first-order valence-electron chi connectivity index (χ1n) is 11.5.